The number of carbonyl (C=O) groups excluding carboxylic acids is 2. The van der Waals surface area contributed by atoms with Crippen LogP contribution < -0.4 is 4.90 Å². The molecule has 6 heteroatoms. The molecule has 3 heterocycles. The summed E-state index contributed by atoms with van der Waals surface area (Å²) in [5.41, 5.74) is 2.67. The second-order valence-electron chi connectivity index (χ2n) is 6.51. The lowest BCUT2D eigenvalue weighted by Gasteiger charge is -2.13. The molecule has 29 heavy (non-hydrogen) atoms. The van der Waals surface area contributed by atoms with Gasteiger partial charge in [-0.2, -0.15) is 5.26 Å². The van der Waals surface area contributed by atoms with E-state index in [0.29, 0.717) is 22.4 Å². The molecule has 0 unspecified atom stereocenters. The zero-order valence-corrected chi connectivity index (χ0v) is 16.6. The van der Waals surface area contributed by atoms with Crippen molar-refractivity contribution in [2.45, 2.75) is 0 Å². The molecule has 4 nitrogen and oxygen atoms in total. The Morgan fingerprint density at radius 1 is 0.793 bits per heavy atom. The van der Waals surface area contributed by atoms with Crippen molar-refractivity contribution >= 4 is 40.2 Å². The van der Waals surface area contributed by atoms with Gasteiger partial charge in [-0.05, 0) is 65.5 Å². The minimum Gasteiger partial charge on any atom is -0.268 e. The number of benzene rings is 2. The number of imide groups is 1. The van der Waals surface area contributed by atoms with E-state index in [4.69, 9.17) is 5.26 Å². The molecule has 0 N–H and O–H groups in total. The van der Waals surface area contributed by atoms with E-state index in [1.54, 1.807) is 59.1 Å². The lowest BCUT2D eigenvalue weighted by molar-refractivity contribution is 0.0926. The van der Waals surface area contributed by atoms with E-state index in [1.165, 1.54) is 14.7 Å². The SMILES string of the molecule is N#Cc1ccc(N2C(=O)c3ccc(-c4ccc(-c5cccs5)s4)cc3C2=O)cc1. The van der Waals surface area contributed by atoms with E-state index in [1.807, 2.05) is 29.6 Å². The molecule has 0 spiro atoms. The fourth-order valence-corrected chi connectivity index (χ4v) is 5.19. The number of thiophene rings is 2. The Morgan fingerprint density at radius 2 is 1.55 bits per heavy atom. The predicted octanol–water partition coefficient (Wildman–Crippen LogP) is 5.82. The summed E-state index contributed by atoms with van der Waals surface area (Å²) >= 11 is 3.35. The summed E-state index contributed by atoms with van der Waals surface area (Å²) in [5.74, 6) is -0.682. The van der Waals surface area contributed by atoms with Gasteiger partial charge >= 0.3 is 0 Å². The third-order valence-corrected chi connectivity index (χ3v) is 7.00. The second kappa shape index (κ2) is 6.82. The first-order valence-electron chi connectivity index (χ1n) is 8.83. The number of hydrogen-bond donors (Lipinski definition) is 0. The molecule has 1 aliphatic heterocycles. The van der Waals surface area contributed by atoms with Gasteiger partial charge < -0.3 is 0 Å². The van der Waals surface area contributed by atoms with Crippen LogP contribution in [0.25, 0.3) is 20.2 Å². The molecule has 0 bridgehead atoms. The van der Waals surface area contributed by atoms with Gasteiger partial charge in [0, 0.05) is 14.6 Å². The van der Waals surface area contributed by atoms with E-state index in [-0.39, 0.29) is 11.8 Å². The maximum absolute atomic E-state index is 13.0. The fraction of sp³-hybridized carbons (Fsp3) is 0. The molecule has 0 saturated carbocycles. The van der Waals surface area contributed by atoms with Crippen LogP contribution in [0.4, 0.5) is 5.69 Å². The number of hydrogen-bond acceptors (Lipinski definition) is 5. The largest absolute Gasteiger partial charge is 0.268 e. The molecule has 2 aromatic carbocycles. The molecule has 0 saturated heterocycles. The number of nitrogens with zero attached hydrogens (tertiary/aromatic N) is 2. The molecule has 4 aromatic rings. The van der Waals surface area contributed by atoms with Crippen LogP contribution in [0.3, 0.4) is 0 Å². The zero-order chi connectivity index (χ0) is 20.0. The van der Waals surface area contributed by atoms with Gasteiger partial charge in [-0.1, -0.05) is 12.1 Å². The number of fused-ring (bicyclic) bond motifs is 1. The van der Waals surface area contributed by atoms with Crippen LogP contribution in [0.1, 0.15) is 26.3 Å². The second-order valence-corrected chi connectivity index (χ2v) is 8.54. The summed E-state index contributed by atoms with van der Waals surface area (Å²) in [5, 5.41) is 11.0. The van der Waals surface area contributed by atoms with E-state index in [0.717, 1.165) is 10.4 Å². The van der Waals surface area contributed by atoms with Crippen molar-refractivity contribution in [2.24, 2.45) is 0 Å². The van der Waals surface area contributed by atoms with Crippen LogP contribution in [0.2, 0.25) is 0 Å². The molecule has 1 aliphatic rings. The van der Waals surface area contributed by atoms with Gasteiger partial charge in [0.2, 0.25) is 0 Å². The monoisotopic (exact) mass is 412 g/mol. The lowest BCUT2D eigenvalue weighted by Crippen LogP contribution is -2.29. The third kappa shape index (κ3) is 2.88. The summed E-state index contributed by atoms with van der Waals surface area (Å²) < 4.78 is 0. The van der Waals surface area contributed by atoms with E-state index in [9.17, 15) is 9.59 Å². The fourth-order valence-electron chi connectivity index (χ4n) is 3.36. The molecule has 0 aliphatic carbocycles. The minimum absolute atomic E-state index is 0.341. The molecule has 0 atom stereocenters. The van der Waals surface area contributed by atoms with Crippen LogP contribution >= 0.6 is 22.7 Å². The van der Waals surface area contributed by atoms with Crippen LogP contribution in [0, 0.1) is 11.3 Å². The smallest absolute Gasteiger partial charge is 0.266 e. The number of carbonyl (C=O) groups is 2. The Hall–Kier alpha value is -3.53. The van der Waals surface area contributed by atoms with Crippen molar-refractivity contribution < 1.29 is 9.59 Å². The normalized spacial score (nSPS) is 12.9. The number of amides is 2. The lowest BCUT2D eigenvalue weighted by atomic mass is 10.0. The van der Waals surface area contributed by atoms with Gasteiger partial charge in [0.25, 0.3) is 11.8 Å². The maximum Gasteiger partial charge on any atom is 0.266 e. The van der Waals surface area contributed by atoms with Gasteiger partial charge in [-0.3, -0.25) is 9.59 Å². The van der Waals surface area contributed by atoms with Crippen LogP contribution in [-0.4, -0.2) is 11.8 Å². The molecule has 5 rings (SSSR count). The Labute approximate surface area is 174 Å². The predicted molar refractivity (Wildman–Crippen MR) is 115 cm³/mol. The molecule has 138 valence electrons. The summed E-state index contributed by atoms with van der Waals surface area (Å²) in [6.45, 7) is 0. The average Bonchev–Trinajstić information content (AvgIpc) is 3.49. The van der Waals surface area contributed by atoms with Crippen molar-refractivity contribution in [3.63, 3.8) is 0 Å². The van der Waals surface area contributed by atoms with Crippen molar-refractivity contribution in [3.05, 3.63) is 88.8 Å². The molecule has 0 fully saturated rings. The van der Waals surface area contributed by atoms with Crippen LogP contribution in [0.15, 0.2) is 72.1 Å². The van der Waals surface area contributed by atoms with Gasteiger partial charge in [-0.15, -0.1) is 22.7 Å². The van der Waals surface area contributed by atoms with E-state index < -0.39 is 0 Å². The first kappa shape index (κ1) is 17.6. The van der Waals surface area contributed by atoms with Gasteiger partial charge in [-0.25, -0.2) is 4.90 Å². The number of anilines is 1. The summed E-state index contributed by atoms with van der Waals surface area (Å²) in [6.07, 6.45) is 0. The maximum atomic E-state index is 13.0. The quantitative estimate of drug-likeness (QED) is 0.399. The molecular formula is C23H12N2O2S2. The van der Waals surface area contributed by atoms with Crippen molar-refractivity contribution in [1.29, 1.82) is 5.26 Å². The Morgan fingerprint density at radius 3 is 2.28 bits per heavy atom. The topological polar surface area (TPSA) is 61.2 Å². The number of rotatable bonds is 3. The average molecular weight is 412 g/mol. The third-order valence-electron chi connectivity index (χ3n) is 4.80. The molecular weight excluding hydrogens is 400 g/mol. The Balaban J connectivity index is 1.50. The zero-order valence-electron chi connectivity index (χ0n) is 15.0. The summed E-state index contributed by atoms with van der Waals surface area (Å²) in [4.78, 5) is 30.4. The highest BCUT2D eigenvalue weighted by molar-refractivity contribution is 7.23. The van der Waals surface area contributed by atoms with Gasteiger partial charge in [0.05, 0.1) is 28.4 Å². The first-order chi connectivity index (χ1) is 14.2. The Bertz CT molecular complexity index is 1300. The molecule has 2 aromatic heterocycles. The molecule has 0 radical (unpaired) electrons. The van der Waals surface area contributed by atoms with Crippen LogP contribution in [0.5, 0.6) is 0 Å². The van der Waals surface area contributed by atoms with Gasteiger partial charge in [0.1, 0.15) is 0 Å². The van der Waals surface area contributed by atoms with E-state index >= 15 is 0 Å². The summed E-state index contributed by atoms with van der Waals surface area (Å²) in [6, 6.07) is 22.1. The highest BCUT2D eigenvalue weighted by atomic mass is 32.1. The Kier molecular flexibility index (Phi) is 4.13. The first-order valence-corrected chi connectivity index (χ1v) is 10.5. The number of nitriles is 1. The van der Waals surface area contributed by atoms with Crippen molar-refractivity contribution in [2.75, 3.05) is 4.90 Å². The van der Waals surface area contributed by atoms with Crippen molar-refractivity contribution in [1.82, 2.24) is 0 Å². The van der Waals surface area contributed by atoms with E-state index in [2.05, 4.69) is 12.1 Å². The van der Waals surface area contributed by atoms with Crippen LogP contribution in [-0.2, 0) is 0 Å². The highest BCUT2D eigenvalue weighted by Gasteiger charge is 2.36. The highest BCUT2D eigenvalue weighted by Crippen LogP contribution is 2.38. The standard InChI is InChI=1S/C23H12N2O2S2/c24-13-14-3-6-16(7-4-14)25-22(26)17-8-5-15(12-18(17)23(25)27)19-9-10-21(29-19)20-2-1-11-28-20/h1-12H. The van der Waals surface area contributed by atoms with Crippen molar-refractivity contribution in [3.8, 4) is 26.3 Å². The minimum atomic E-state index is -0.341. The molecule has 2 amide bonds. The summed E-state index contributed by atoms with van der Waals surface area (Å²) in [7, 11) is 0. The van der Waals surface area contributed by atoms with Gasteiger partial charge in [0.15, 0.2) is 0 Å².